The fraction of sp³-hybridized carbons (Fsp3) is 0.0800. The number of carbonyl (C=O) groups is 2. The van der Waals surface area contributed by atoms with Gasteiger partial charge in [-0.2, -0.15) is 0 Å². The van der Waals surface area contributed by atoms with E-state index in [1.54, 1.807) is 18.2 Å². The van der Waals surface area contributed by atoms with Crippen molar-refractivity contribution in [1.82, 2.24) is 4.98 Å². The number of benzene rings is 3. The highest BCUT2D eigenvalue weighted by Crippen LogP contribution is 2.30. The molecule has 0 unspecified atom stereocenters. The van der Waals surface area contributed by atoms with Crippen molar-refractivity contribution in [2.45, 2.75) is 11.8 Å². The Balaban J connectivity index is 1.34. The number of non-ortho nitro benzene ring substituents is 1. The monoisotopic (exact) mass is 504 g/mol. The number of anilines is 2. The van der Waals surface area contributed by atoms with Gasteiger partial charge in [-0.15, -0.1) is 23.1 Å². The SMILES string of the molecule is Cc1sc(NC(=O)CSc2cccc(NC(=O)c3cccc([N+](=O)[O-])c3)c2)nc1-c1ccccc1. The van der Waals surface area contributed by atoms with Crippen molar-refractivity contribution in [2.24, 2.45) is 0 Å². The lowest BCUT2D eigenvalue weighted by Gasteiger charge is -2.08. The highest BCUT2D eigenvalue weighted by molar-refractivity contribution is 8.00. The maximum absolute atomic E-state index is 12.5. The molecule has 0 radical (unpaired) electrons. The van der Waals surface area contributed by atoms with Crippen molar-refractivity contribution in [3.05, 3.63) is 99.4 Å². The predicted molar refractivity (Wildman–Crippen MR) is 139 cm³/mol. The number of carbonyl (C=O) groups excluding carboxylic acids is 2. The molecule has 0 saturated heterocycles. The highest BCUT2D eigenvalue weighted by Gasteiger charge is 2.14. The second-order valence-corrected chi connectivity index (χ2v) is 9.67. The first-order valence-electron chi connectivity index (χ1n) is 10.5. The standard InChI is InChI=1S/C25H20N4O4S2/c1-16-23(17-7-3-2-4-8-17)28-25(35-16)27-22(30)15-34-21-12-6-10-19(14-21)26-24(31)18-9-5-11-20(13-18)29(32)33/h2-14H,15H2,1H3,(H,26,31)(H,27,28,30). The summed E-state index contributed by atoms with van der Waals surface area (Å²) in [6.45, 7) is 1.97. The molecule has 0 fully saturated rings. The lowest BCUT2D eigenvalue weighted by molar-refractivity contribution is -0.384. The molecule has 0 aliphatic heterocycles. The smallest absolute Gasteiger partial charge is 0.270 e. The van der Waals surface area contributed by atoms with Gasteiger partial charge in [-0.05, 0) is 31.2 Å². The third-order valence-electron chi connectivity index (χ3n) is 4.87. The number of nitro groups is 1. The van der Waals surface area contributed by atoms with Crippen LogP contribution in [0.25, 0.3) is 11.3 Å². The average molecular weight is 505 g/mol. The van der Waals surface area contributed by atoms with Gasteiger partial charge in [0.05, 0.1) is 16.4 Å². The number of aromatic nitrogens is 1. The van der Waals surface area contributed by atoms with Gasteiger partial charge >= 0.3 is 0 Å². The molecule has 2 amide bonds. The van der Waals surface area contributed by atoms with E-state index in [1.165, 1.54) is 47.4 Å². The van der Waals surface area contributed by atoms with Crippen LogP contribution in [-0.2, 0) is 4.79 Å². The molecule has 8 nitrogen and oxygen atoms in total. The molecule has 3 aromatic carbocycles. The van der Waals surface area contributed by atoms with Crippen molar-refractivity contribution in [2.75, 3.05) is 16.4 Å². The van der Waals surface area contributed by atoms with E-state index >= 15 is 0 Å². The van der Waals surface area contributed by atoms with Gasteiger partial charge < -0.3 is 10.6 Å². The molecule has 176 valence electrons. The summed E-state index contributed by atoms with van der Waals surface area (Å²) in [5.74, 6) is -0.474. The number of thioether (sulfide) groups is 1. The molecule has 0 bridgehead atoms. The molecular formula is C25H20N4O4S2. The van der Waals surface area contributed by atoms with Crippen LogP contribution in [0.4, 0.5) is 16.5 Å². The molecular weight excluding hydrogens is 484 g/mol. The fourth-order valence-corrected chi connectivity index (χ4v) is 4.85. The van der Waals surface area contributed by atoms with Crippen LogP contribution in [0.3, 0.4) is 0 Å². The maximum atomic E-state index is 12.5. The maximum Gasteiger partial charge on any atom is 0.270 e. The molecule has 35 heavy (non-hydrogen) atoms. The van der Waals surface area contributed by atoms with E-state index in [2.05, 4.69) is 15.6 Å². The third kappa shape index (κ3) is 6.31. The molecule has 10 heteroatoms. The molecule has 2 N–H and O–H groups in total. The van der Waals surface area contributed by atoms with Crippen LogP contribution < -0.4 is 10.6 Å². The highest BCUT2D eigenvalue weighted by atomic mass is 32.2. The van der Waals surface area contributed by atoms with Gasteiger partial charge in [0.2, 0.25) is 5.91 Å². The Bertz CT molecular complexity index is 1390. The van der Waals surface area contributed by atoms with Crippen LogP contribution in [-0.4, -0.2) is 27.5 Å². The number of aryl methyl sites for hydroxylation is 1. The quantitative estimate of drug-likeness (QED) is 0.173. The Morgan fingerprint density at radius 2 is 1.77 bits per heavy atom. The first-order valence-corrected chi connectivity index (χ1v) is 12.3. The Kier molecular flexibility index (Phi) is 7.54. The average Bonchev–Trinajstić information content (AvgIpc) is 3.23. The molecule has 1 aromatic heterocycles. The number of nitrogens with zero attached hydrogens (tertiary/aromatic N) is 2. The minimum atomic E-state index is -0.547. The molecule has 0 atom stereocenters. The third-order valence-corrected chi connectivity index (χ3v) is 6.75. The second kappa shape index (κ2) is 10.9. The molecule has 1 heterocycles. The van der Waals surface area contributed by atoms with Crippen molar-refractivity contribution < 1.29 is 14.5 Å². The molecule has 4 rings (SSSR count). The molecule has 0 aliphatic rings. The summed E-state index contributed by atoms with van der Waals surface area (Å²) in [6.07, 6.45) is 0. The number of nitrogens with one attached hydrogen (secondary N) is 2. The van der Waals surface area contributed by atoms with Gasteiger partial charge in [0.1, 0.15) is 0 Å². The Labute approximate surface area is 209 Å². The van der Waals surface area contributed by atoms with Crippen LogP contribution in [0, 0.1) is 17.0 Å². The first-order chi connectivity index (χ1) is 16.9. The van der Waals surface area contributed by atoms with Gasteiger partial charge in [-0.3, -0.25) is 19.7 Å². The van der Waals surface area contributed by atoms with Crippen molar-refractivity contribution >= 4 is 51.4 Å². The molecule has 4 aromatic rings. The van der Waals surface area contributed by atoms with Crippen LogP contribution in [0.15, 0.2) is 83.8 Å². The van der Waals surface area contributed by atoms with E-state index in [9.17, 15) is 19.7 Å². The zero-order valence-electron chi connectivity index (χ0n) is 18.6. The van der Waals surface area contributed by atoms with Crippen LogP contribution in [0.2, 0.25) is 0 Å². The Morgan fingerprint density at radius 1 is 1.00 bits per heavy atom. The van der Waals surface area contributed by atoms with Gasteiger partial charge in [0, 0.05) is 38.7 Å². The van der Waals surface area contributed by atoms with Crippen LogP contribution in [0.5, 0.6) is 0 Å². The van der Waals surface area contributed by atoms with E-state index in [0.29, 0.717) is 10.8 Å². The molecule has 0 spiro atoms. The normalized spacial score (nSPS) is 10.5. The summed E-state index contributed by atoms with van der Waals surface area (Å²) in [4.78, 5) is 41.7. The van der Waals surface area contributed by atoms with Gasteiger partial charge in [-0.25, -0.2) is 4.98 Å². The fourth-order valence-electron chi connectivity index (χ4n) is 3.25. The Hall–Kier alpha value is -4.02. The lowest BCUT2D eigenvalue weighted by Crippen LogP contribution is -2.14. The molecule has 0 aliphatic carbocycles. The van der Waals surface area contributed by atoms with Gasteiger partial charge in [0.15, 0.2) is 5.13 Å². The summed E-state index contributed by atoms with van der Waals surface area (Å²) in [5.41, 5.74) is 2.41. The van der Waals surface area contributed by atoms with E-state index in [0.717, 1.165) is 21.0 Å². The van der Waals surface area contributed by atoms with E-state index in [-0.39, 0.29) is 22.9 Å². The Morgan fingerprint density at radius 3 is 2.54 bits per heavy atom. The summed E-state index contributed by atoms with van der Waals surface area (Å²) >= 11 is 2.75. The van der Waals surface area contributed by atoms with Gasteiger partial charge in [0.25, 0.3) is 11.6 Å². The van der Waals surface area contributed by atoms with E-state index in [4.69, 9.17) is 0 Å². The number of rotatable bonds is 8. The summed E-state index contributed by atoms with van der Waals surface area (Å²) in [5, 5.41) is 17.1. The minimum Gasteiger partial charge on any atom is -0.322 e. The summed E-state index contributed by atoms with van der Waals surface area (Å²) < 4.78 is 0. The van der Waals surface area contributed by atoms with Crippen LogP contribution in [0.1, 0.15) is 15.2 Å². The zero-order valence-corrected chi connectivity index (χ0v) is 20.2. The topological polar surface area (TPSA) is 114 Å². The van der Waals surface area contributed by atoms with Crippen molar-refractivity contribution in [3.63, 3.8) is 0 Å². The minimum absolute atomic E-state index is 0.153. The van der Waals surface area contributed by atoms with E-state index < -0.39 is 10.8 Å². The van der Waals surface area contributed by atoms with Gasteiger partial charge in [-0.1, -0.05) is 42.5 Å². The number of nitro benzene ring substituents is 1. The second-order valence-electron chi connectivity index (χ2n) is 7.42. The molecule has 0 saturated carbocycles. The van der Waals surface area contributed by atoms with Crippen molar-refractivity contribution in [1.29, 1.82) is 0 Å². The largest absolute Gasteiger partial charge is 0.322 e. The number of hydrogen-bond acceptors (Lipinski definition) is 7. The lowest BCUT2D eigenvalue weighted by atomic mass is 10.1. The van der Waals surface area contributed by atoms with Crippen molar-refractivity contribution in [3.8, 4) is 11.3 Å². The number of thiazole rings is 1. The zero-order chi connectivity index (χ0) is 24.8. The number of amides is 2. The summed E-state index contributed by atoms with van der Waals surface area (Å²) in [7, 11) is 0. The predicted octanol–water partition coefficient (Wildman–Crippen LogP) is 6.01. The number of hydrogen-bond donors (Lipinski definition) is 2. The summed E-state index contributed by atoms with van der Waals surface area (Å²) in [6, 6.07) is 22.4. The van der Waals surface area contributed by atoms with E-state index in [1.807, 2.05) is 43.3 Å². The first kappa shape index (κ1) is 24.1. The van der Waals surface area contributed by atoms with Crippen LogP contribution >= 0.6 is 23.1 Å².